The molecule has 1 aliphatic heterocycles. The van der Waals surface area contributed by atoms with Crippen molar-refractivity contribution in [3.05, 3.63) is 64.2 Å². The van der Waals surface area contributed by atoms with Crippen molar-refractivity contribution in [2.24, 2.45) is 5.92 Å². The normalized spacial score (nSPS) is 19.4. The number of piperazine rings is 1. The maximum Gasteiger partial charge on any atom is 0.416 e. The van der Waals surface area contributed by atoms with Crippen LogP contribution in [0.3, 0.4) is 0 Å². The van der Waals surface area contributed by atoms with Gasteiger partial charge in [-0.15, -0.1) is 0 Å². The summed E-state index contributed by atoms with van der Waals surface area (Å²) in [6.07, 6.45) is 1.92. The lowest BCUT2D eigenvalue weighted by Crippen LogP contribution is -2.45. The lowest BCUT2D eigenvalue weighted by Gasteiger charge is -2.36. The minimum Gasteiger partial charge on any atom is -0.487 e. The highest BCUT2D eigenvalue weighted by Crippen LogP contribution is 2.39. The topological polar surface area (TPSA) is 24.5 Å². The van der Waals surface area contributed by atoms with E-state index in [9.17, 15) is 13.2 Å². The molecule has 1 N–H and O–H groups in total. The van der Waals surface area contributed by atoms with Crippen molar-refractivity contribution in [1.82, 2.24) is 10.2 Å². The monoisotopic (exact) mass is 480 g/mol. The van der Waals surface area contributed by atoms with Crippen molar-refractivity contribution in [1.29, 1.82) is 0 Å². The number of rotatable bonds is 7. The summed E-state index contributed by atoms with van der Waals surface area (Å²) in [5.74, 6) is 1.46. The largest absolute Gasteiger partial charge is 0.487 e. The Morgan fingerprint density at radius 2 is 1.76 bits per heavy atom. The van der Waals surface area contributed by atoms with Crippen LogP contribution in [0.1, 0.15) is 54.7 Å². The molecular weight excluding hydrogens is 449 g/mol. The van der Waals surface area contributed by atoms with E-state index in [0.29, 0.717) is 22.6 Å². The molecule has 1 aliphatic carbocycles. The third-order valence-electron chi connectivity index (χ3n) is 6.97. The first-order valence-electron chi connectivity index (χ1n) is 11.9. The molecule has 3 nitrogen and oxygen atoms in total. The second-order valence-electron chi connectivity index (χ2n) is 9.19. The van der Waals surface area contributed by atoms with Crippen LogP contribution in [0.4, 0.5) is 13.2 Å². The fraction of sp³-hybridized carbons (Fsp3) is 0.538. The van der Waals surface area contributed by atoms with E-state index in [0.717, 1.165) is 38.8 Å². The Labute approximate surface area is 199 Å². The zero-order valence-electron chi connectivity index (χ0n) is 18.8. The summed E-state index contributed by atoms with van der Waals surface area (Å²) in [5.41, 5.74) is 0.628. The van der Waals surface area contributed by atoms with Gasteiger partial charge in [-0.25, -0.2) is 0 Å². The molecule has 0 amide bonds. The number of halogens is 4. The summed E-state index contributed by atoms with van der Waals surface area (Å²) in [6, 6.07) is 11.3. The van der Waals surface area contributed by atoms with Gasteiger partial charge in [0.1, 0.15) is 12.4 Å². The molecule has 1 unspecified atom stereocenters. The van der Waals surface area contributed by atoms with Crippen molar-refractivity contribution in [2.75, 3.05) is 32.7 Å². The molecule has 7 heteroatoms. The van der Waals surface area contributed by atoms with E-state index in [1.807, 2.05) is 12.1 Å². The van der Waals surface area contributed by atoms with E-state index < -0.39 is 11.7 Å². The van der Waals surface area contributed by atoms with Gasteiger partial charge >= 0.3 is 6.18 Å². The number of nitrogens with one attached hydrogen (secondary N) is 1. The molecule has 2 aromatic rings. The fourth-order valence-corrected chi connectivity index (χ4v) is 5.42. The van der Waals surface area contributed by atoms with E-state index >= 15 is 0 Å². The maximum atomic E-state index is 13.3. The zero-order valence-corrected chi connectivity index (χ0v) is 19.6. The summed E-state index contributed by atoms with van der Waals surface area (Å²) in [6.45, 7) is 4.98. The number of alkyl halides is 3. The molecule has 1 heterocycles. The molecule has 0 radical (unpaired) electrons. The highest BCUT2D eigenvalue weighted by molar-refractivity contribution is 6.32. The van der Waals surface area contributed by atoms with E-state index in [4.69, 9.17) is 16.3 Å². The van der Waals surface area contributed by atoms with Gasteiger partial charge in [-0.2, -0.15) is 13.2 Å². The van der Waals surface area contributed by atoms with Crippen LogP contribution in [0.25, 0.3) is 0 Å². The SMILES string of the molecule is FC(F)(F)c1ccccc1COc1ccc(C(CN2CCNCC2)C2CCCCC2)cc1Cl. The Balaban J connectivity index is 1.49. The molecule has 2 aliphatic rings. The van der Waals surface area contributed by atoms with Crippen LogP contribution in [-0.4, -0.2) is 37.6 Å². The number of ether oxygens (including phenoxy) is 1. The lowest BCUT2D eigenvalue weighted by molar-refractivity contribution is -0.138. The number of nitrogens with zero attached hydrogens (tertiary/aromatic N) is 1. The summed E-state index contributed by atoms with van der Waals surface area (Å²) < 4.78 is 45.6. The second-order valence-corrected chi connectivity index (χ2v) is 9.60. The predicted octanol–water partition coefficient (Wildman–Crippen LogP) is 6.51. The highest BCUT2D eigenvalue weighted by atomic mass is 35.5. The standard InChI is InChI=1S/C26H32ClF3N2O/c27-24-16-20(22(19-6-2-1-3-7-19)17-32-14-12-31-13-15-32)10-11-25(24)33-18-21-8-4-5-9-23(21)26(28,29)30/h4-5,8-11,16,19,22,31H,1-3,6-7,12-15,17-18H2. The molecule has 0 spiro atoms. The van der Waals surface area contributed by atoms with Gasteiger partial charge in [0.15, 0.2) is 0 Å². The van der Waals surface area contributed by atoms with Gasteiger partial charge < -0.3 is 15.0 Å². The Morgan fingerprint density at radius 1 is 1.03 bits per heavy atom. The molecule has 1 saturated carbocycles. The van der Waals surface area contributed by atoms with Crippen molar-refractivity contribution in [3.63, 3.8) is 0 Å². The lowest BCUT2D eigenvalue weighted by atomic mass is 9.76. The molecule has 2 fully saturated rings. The predicted molar refractivity (Wildman–Crippen MR) is 126 cm³/mol. The summed E-state index contributed by atoms with van der Waals surface area (Å²) in [5, 5.41) is 3.87. The van der Waals surface area contributed by atoms with Crippen LogP contribution in [0.5, 0.6) is 5.75 Å². The Bertz CT molecular complexity index is 909. The Morgan fingerprint density at radius 3 is 2.45 bits per heavy atom. The highest BCUT2D eigenvalue weighted by Gasteiger charge is 2.33. The van der Waals surface area contributed by atoms with Gasteiger partial charge in [0.25, 0.3) is 0 Å². The molecule has 180 valence electrons. The summed E-state index contributed by atoms with van der Waals surface area (Å²) in [4.78, 5) is 2.53. The Hall–Kier alpha value is -1.76. The van der Waals surface area contributed by atoms with Crippen molar-refractivity contribution in [2.45, 2.75) is 50.8 Å². The third kappa shape index (κ3) is 6.43. The van der Waals surface area contributed by atoms with Crippen LogP contribution in [0.15, 0.2) is 42.5 Å². The quantitative estimate of drug-likeness (QED) is 0.489. The van der Waals surface area contributed by atoms with Crippen LogP contribution < -0.4 is 10.1 Å². The van der Waals surface area contributed by atoms with E-state index in [2.05, 4.69) is 16.3 Å². The zero-order chi connectivity index (χ0) is 23.3. The molecule has 0 bridgehead atoms. The molecule has 4 rings (SSSR count). The van der Waals surface area contributed by atoms with E-state index in [-0.39, 0.29) is 12.2 Å². The first kappa shape index (κ1) is 24.4. The van der Waals surface area contributed by atoms with Gasteiger partial charge in [-0.05, 0) is 48.4 Å². The minimum absolute atomic E-state index is 0.101. The van der Waals surface area contributed by atoms with Crippen LogP contribution in [0, 0.1) is 5.92 Å². The van der Waals surface area contributed by atoms with Crippen molar-refractivity contribution < 1.29 is 17.9 Å². The number of hydrogen-bond donors (Lipinski definition) is 1. The molecular formula is C26H32ClF3N2O. The van der Waals surface area contributed by atoms with Crippen LogP contribution in [-0.2, 0) is 12.8 Å². The molecule has 1 saturated heterocycles. The second kappa shape index (κ2) is 11.1. The first-order chi connectivity index (χ1) is 15.9. The van der Waals surface area contributed by atoms with Gasteiger partial charge in [-0.3, -0.25) is 0 Å². The van der Waals surface area contributed by atoms with E-state index in [1.54, 1.807) is 6.07 Å². The van der Waals surface area contributed by atoms with E-state index in [1.165, 1.54) is 49.8 Å². The average molecular weight is 481 g/mol. The fourth-order valence-electron chi connectivity index (χ4n) is 5.18. The molecule has 1 atom stereocenters. The first-order valence-corrected chi connectivity index (χ1v) is 12.3. The van der Waals surface area contributed by atoms with Crippen LogP contribution >= 0.6 is 11.6 Å². The van der Waals surface area contributed by atoms with Crippen LogP contribution in [0.2, 0.25) is 5.02 Å². The third-order valence-corrected chi connectivity index (χ3v) is 7.27. The van der Waals surface area contributed by atoms with Gasteiger partial charge in [0.05, 0.1) is 10.6 Å². The molecule has 0 aromatic heterocycles. The smallest absolute Gasteiger partial charge is 0.416 e. The van der Waals surface area contributed by atoms with Gasteiger partial charge in [0.2, 0.25) is 0 Å². The number of hydrogen-bond acceptors (Lipinski definition) is 3. The molecule has 2 aromatic carbocycles. The number of benzene rings is 2. The summed E-state index contributed by atoms with van der Waals surface area (Å²) >= 11 is 6.58. The minimum atomic E-state index is -4.41. The Kier molecular flexibility index (Phi) is 8.20. The average Bonchev–Trinajstić information content (AvgIpc) is 2.82. The van der Waals surface area contributed by atoms with Crippen molar-refractivity contribution >= 4 is 11.6 Å². The summed E-state index contributed by atoms with van der Waals surface area (Å²) in [7, 11) is 0. The van der Waals surface area contributed by atoms with Gasteiger partial charge in [0, 0.05) is 38.3 Å². The van der Waals surface area contributed by atoms with Gasteiger partial charge in [-0.1, -0.05) is 55.1 Å². The van der Waals surface area contributed by atoms with Crippen molar-refractivity contribution in [3.8, 4) is 5.75 Å². The molecule has 33 heavy (non-hydrogen) atoms. The maximum absolute atomic E-state index is 13.3.